The second-order valence-electron chi connectivity index (χ2n) is 17.7. The van der Waals surface area contributed by atoms with E-state index in [-0.39, 0.29) is 24.9 Å². The van der Waals surface area contributed by atoms with Crippen molar-refractivity contribution in [3.8, 4) is 0 Å². The molecule has 1 amide bonds. The fourth-order valence-electron chi connectivity index (χ4n) is 7.56. The average molecular weight is 890 g/mol. The minimum absolute atomic E-state index is 0.0201. The van der Waals surface area contributed by atoms with Crippen molar-refractivity contribution < 1.29 is 24.5 Å². The quantitative estimate of drug-likeness (QED) is 0.0245. The van der Waals surface area contributed by atoms with Gasteiger partial charge in [0, 0.05) is 6.42 Å². The van der Waals surface area contributed by atoms with Crippen LogP contribution in [0.25, 0.3) is 0 Å². The van der Waals surface area contributed by atoms with Gasteiger partial charge < -0.3 is 20.3 Å². The summed E-state index contributed by atoms with van der Waals surface area (Å²) in [4.78, 5) is 26.2. The van der Waals surface area contributed by atoms with Crippen molar-refractivity contribution in [2.45, 2.75) is 251 Å². The third kappa shape index (κ3) is 45.4. The molecule has 0 spiro atoms. The second kappa shape index (κ2) is 50.8. The third-order valence-corrected chi connectivity index (χ3v) is 11.6. The number of aliphatic hydroxyl groups is 2. The van der Waals surface area contributed by atoms with Gasteiger partial charge in [0.15, 0.2) is 0 Å². The van der Waals surface area contributed by atoms with E-state index >= 15 is 0 Å². The summed E-state index contributed by atoms with van der Waals surface area (Å²) < 4.78 is 5.90. The fraction of sp³-hybridized carbons (Fsp3) is 0.690. The molecule has 0 aliphatic carbocycles. The maximum atomic E-state index is 13.2. The van der Waals surface area contributed by atoms with Crippen molar-refractivity contribution in [2.75, 3.05) is 6.61 Å². The lowest BCUT2D eigenvalue weighted by Gasteiger charge is -2.24. The van der Waals surface area contributed by atoms with Crippen molar-refractivity contribution in [3.05, 3.63) is 97.2 Å². The maximum Gasteiger partial charge on any atom is 0.306 e. The highest BCUT2D eigenvalue weighted by atomic mass is 16.5. The van der Waals surface area contributed by atoms with E-state index in [1.54, 1.807) is 0 Å². The highest BCUT2D eigenvalue weighted by Crippen LogP contribution is 2.17. The van der Waals surface area contributed by atoms with Crippen LogP contribution in [0.5, 0.6) is 0 Å². The van der Waals surface area contributed by atoms with Crippen molar-refractivity contribution in [1.29, 1.82) is 0 Å². The zero-order chi connectivity index (χ0) is 46.7. The SMILES string of the molecule is CC\C=C/C=C/C=C/C=C\C=C\C=C\CCCC(CC(=O)NC(CO)C(O)CCCCCCCCCCCCC)OC(=O)CCCCCCCCCCC/C=C\C/C=C\CCCCC. The Morgan fingerprint density at radius 3 is 1.45 bits per heavy atom. The molecule has 6 heteroatoms. The summed E-state index contributed by atoms with van der Waals surface area (Å²) in [5.74, 6) is -0.559. The number of hydrogen-bond acceptors (Lipinski definition) is 5. The number of unbranched alkanes of at least 4 members (excludes halogenated alkanes) is 23. The predicted octanol–water partition coefficient (Wildman–Crippen LogP) is 16.1. The molecule has 0 radical (unpaired) electrons. The Morgan fingerprint density at radius 2 is 0.922 bits per heavy atom. The number of carbonyl (C=O) groups excluding carboxylic acids is 2. The fourth-order valence-corrected chi connectivity index (χ4v) is 7.56. The summed E-state index contributed by atoms with van der Waals surface area (Å²) in [7, 11) is 0. The molecule has 3 unspecified atom stereocenters. The lowest BCUT2D eigenvalue weighted by atomic mass is 10.0. The summed E-state index contributed by atoms with van der Waals surface area (Å²) in [6.07, 6.45) is 67.6. The number of aliphatic hydroxyl groups excluding tert-OH is 2. The van der Waals surface area contributed by atoms with Crippen molar-refractivity contribution in [1.82, 2.24) is 5.32 Å². The minimum Gasteiger partial charge on any atom is -0.462 e. The predicted molar refractivity (Wildman–Crippen MR) is 277 cm³/mol. The molecular formula is C58H99NO5. The molecule has 0 aliphatic rings. The molecule has 0 saturated heterocycles. The van der Waals surface area contributed by atoms with Gasteiger partial charge in [-0.1, -0.05) is 246 Å². The van der Waals surface area contributed by atoms with Gasteiger partial charge in [-0.2, -0.15) is 0 Å². The standard InChI is InChI=1S/C58H99NO5/c1-4-7-10-13-16-19-22-24-26-27-28-29-31-33-36-39-42-45-48-51-58(63)64-54(49-46-43-40-37-35-32-30-25-23-20-17-14-11-8-5-2)52-57(62)59-55(53-60)56(61)50-47-44-41-38-34-21-18-15-12-9-6-3/h8,11,14,16-17,19-20,23-26,30,32,35,37,40,54-56,60-61H,4-7,9-10,12-13,15,18,21-22,27-29,31,33-34,36,38-39,41-53H2,1-3H3,(H,59,62)/b11-8-,17-14+,19-16-,23-20+,26-24-,30-25-,35-32+,40-37+. The van der Waals surface area contributed by atoms with Crippen LogP contribution in [0.1, 0.15) is 233 Å². The molecular weight excluding hydrogens is 791 g/mol. The number of carbonyl (C=O) groups is 2. The molecule has 0 aromatic rings. The first-order chi connectivity index (χ1) is 31.5. The first-order valence-electron chi connectivity index (χ1n) is 26.5. The normalized spacial score (nSPS) is 14.0. The highest BCUT2D eigenvalue weighted by molar-refractivity contribution is 5.77. The average Bonchev–Trinajstić information content (AvgIpc) is 3.29. The number of hydrogen-bond donors (Lipinski definition) is 3. The van der Waals surface area contributed by atoms with E-state index in [1.807, 2.05) is 60.8 Å². The van der Waals surface area contributed by atoms with Gasteiger partial charge in [0.05, 0.1) is 25.2 Å². The zero-order valence-electron chi connectivity index (χ0n) is 41.6. The van der Waals surface area contributed by atoms with E-state index in [2.05, 4.69) is 62.5 Å². The number of esters is 1. The molecule has 3 atom stereocenters. The van der Waals surface area contributed by atoms with Crippen LogP contribution in [0.3, 0.4) is 0 Å². The molecule has 6 nitrogen and oxygen atoms in total. The van der Waals surface area contributed by atoms with Crippen molar-refractivity contribution in [3.63, 3.8) is 0 Å². The first-order valence-corrected chi connectivity index (χ1v) is 26.5. The van der Waals surface area contributed by atoms with Crippen LogP contribution in [0, 0.1) is 0 Å². The summed E-state index contributed by atoms with van der Waals surface area (Å²) in [5, 5.41) is 23.7. The Bertz CT molecular complexity index is 1270. The number of ether oxygens (including phenoxy) is 1. The number of nitrogens with one attached hydrogen (secondary N) is 1. The van der Waals surface area contributed by atoms with E-state index in [1.165, 1.54) is 122 Å². The number of amides is 1. The Labute approximate surface area is 395 Å². The van der Waals surface area contributed by atoms with Crippen LogP contribution < -0.4 is 5.32 Å². The Hall–Kier alpha value is -3.22. The Balaban J connectivity index is 4.69. The smallest absolute Gasteiger partial charge is 0.306 e. The molecule has 0 aliphatic heterocycles. The molecule has 0 rings (SSSR count). The molecule has 3 N–H and O–H groups in total. The summed E-state index contributed by atoms with van der Waals surface area (Å²) in [6.45, 7) is 6.28. The summed E-state index contributed by atoms with van der Waals surface area (Å²) in [5.41, 5.74) is 0. The van der Waals surface area contributed by atoms with E-state index in [0.717, 1.165) is 64.2 Å². The molecule has 64 heavy (non-hydrogen) atoms. The summed E-state index contributed by atoms with van der Waals surface area (Å²) >= 11 is 0. The highest BCUT2D eigenvalue weighted by Gasteiger charge is 2.24. The van der Waals surface area contributed by atoms with Gasteiger partial charge >= 0.3 is 5.97 Å². The topological polar surface area (TPSA) is 95.9 Å². The van der Waals surface area contributed by atoms with Gasteiger partial charge in [-0.25, -0.2) is 0 Å². The molecule has 0 fully saturated rings. The maximum absolute atomic E-state index is 13.2. The van der Waals surface area contributed by atoms with Gasteiger partial charge in [0.25, 0.3) is 0 Å². The summed E-state index contributed by atoms with van der Waals surface area (Å²) in [6, 6.07) is -0.731. The van der Waals surface area contributed by atoms with Crippen LogP contribution in [-0.4, -0.2) is 46.9 Å². The molecule has 0 saturated carbocycles. The molecule has 0 aromatic carbocycles. The van der Waals surface area contributed by atoms with Crippen molar-refractivity contribution in [2.24, 2.45) is 0 Å². The second-order valence-corrected chi connectivity index (χ2v) is 17.7. The Morgan fingerprint density at radius 1 is 0.484 bits per heavy atom. The van der Waals surface area contributed by atoms with Gasteiger partial charge in [-0.05, 0) is 70.6 Å². The third-order valence-electron chi connectivity index (χ3n) is 11.6. The number of rotatable bonds is 46. The first kappa shape index (κ1) is 60.8. The minimum atomic E-state index is -0.813. The molecule has 0 bridgehead atoms. The van der Waals surface area contributed by atoms with E-state index in [4.69, 9.17) is 4.74 Å². The van der Waals surface area contributed by atoms with Crippen LogP contribution in [0.15, 0.2) is 97.2 Å². The van der Waals surface area contributed by atoms with Crippen molar-refractivity contribution >= 4 is 11.9 Å². The number of allylic oxidation sites excluding steroid dienone is 16. The van der Waals surface area contributed by atoms with E-state index < -0.39 is 18.2 Å². The lowest BCUT2D eigenvalue weighted by Crippen LogP contribution is -2.46. The van der Waals surface area contributed by atoms with Gasteiger partial charge in [0.2, 0.25) is 5.91 Å². The van der Waals surface area contributed by atoms with Gasteiger partial charge in [-0.3, -0.25) is 9.59 Å². The zero-order valence-corrected chi connectivity index (χ0v) is 41.6. The van der Waals surface area contributed by atoms with E-state index in [9.17, 15) is 19.8 Å². The molecule has 0 aromatic heterocycles. The largest absolute Gasteiger partial charge is 0.462 e. The monoisotopic (exact) mass is 890 g/mol. The van der Waals surface area contributed by atoms with Crippen LogP contribution >= 0.6 is 0 Å². The lowest BCUT2D eigenvalue weighted by molar-refractivity contribution is -0.151. The van der Waals surface area contributed by atoms with E-state index in [0.29, 0.717) is 19.3 Å². The molecule has 0 heterocycles. The van der Waals surface area contributed by atoms with Crippen LogP contribution in [0.4, 0.5) is 0 Å². The molecule has 366 valence electrons. The van der Waals surface area contributed by atoms with Gasteiger partial charge in [-0.15, -0.1) is 0 Å². The van der Waals surface area contributed by atoms with Crippen LogP contribution in [-0.2, 0) is 14.3 Å². The van der Waals surface area contributed by atoms with Gasteiger partial charge in [0.1, 0.15) is 6.10 Å². The van der Waals surface area contributed by atoms with Crippen LogP contribution in [0.2, 0.25) is 0 Å². The Kier molecular flexibility index (Phi) is 48.2.